The van der Waals surface area contributed by atoms with E-state index in [0.717, 1.165) is 23.4 Å². The van der Waals surface area contributed by atoms with Gasteiger partial charge in [0.1, 0.15) is 5.60 Å². The van der Waals surface area contributed by atoms with E-state index in [0.29, 0.717) is 6.42 Å². The second kappa shape index (κ2) is 11.3. The molecule has 0 aromatic heterocycles. The topological polar surface area (TPSA) is 117 Å². The Kier molecular flexibility index (Phi) is 8.63. The van der Waals surface area contributed by atoms with Crippen molar-refractivity contribution in [2.75, 3.05) is 23.3 Å². The van der Waals surface area contributed by atoms with Gasteiger partial charge in [-0.25, -0.2) is 17.9 Å². The largest absolute Gasteiger partial charge is 0.444 e. The number of hydrogen-bond acceptors (Lipinski definition) is 6. The van der Waals surface area contributed by atoms with Crippen molar-refractivity contribution in [3.05, 3.63) is 54.1 Å². The fourth-order valence-corrected chi connectivity index (χ4v) is 5.21. The molecule has 2 amide bonds. The highest BCUT2D eigenvalue weighted by Gasteiger charge is 2.32. The maximum absolute atomic E-state index is 12.6. The van der Waals surface area contributed by atoms with Crippen molar-refractivity contribution in [1.29, 1.82) is 0 Å². The number of ether oxygens (including phenoxy) is 1. The lowest BCUT2D eigenvalue weighted by molar-refractivity contribution is -0.118. The Bertz CT molecular complexity index is 1180. The molecular weight excluding hydrogens is 480 g/mol. The van der Waals surface area contributed by atoms with Crippen molar-refractivity contribution in [2.24, 2.45) is 0 Å². The van der Waals surface area contributed by atoms with Gasteiger partial charge < -0.3 is 20.3 Å². The second-order valence-electron chi connectivity index (χ2n) is 9.81. The monoisotopic (exact) mass is 516 g/mol. The SMILES string of the molecule is CCC(=O)N1c2ccccc2[C@H](Nc2ccc(S(=O)(=O)NCCNC(=O)OC(C)(C)C)cc2)C[C@@H]1C. The molecule has 2 aromatic carbocycles. The van der Waals surface area contributed by atoms with Crippen LogP contribution in [0.5, 0.6) is 0 Å². The second-order valence-corrected chi connectivity index (χ2v) is 11.6. The number of nitrogens with one attached hydrogen (secondary N) is 3. The number of carbonyl (C=O) groups is 2. The lowest BCUT2D eigenvalue weighted by Crippen LogP contribution is -2.44. The minimum absolute atomic E-state index is 0.0170. The molecule has 0 saturated heterocycles. The first-order valence-electron chi connectivity index (χ1n) is 12.2. The summed E-state index contributed by atoms with van der Waals surface area (Å²) in [6.45, 7) is 9.30. The van der Waals surface area contributed by atoms with Crippen molar-refractivity contribution in [3.8, 4) is 0 Å². The molecule has 2 aromatic rings. The van der Waals surface area contributed by atoms with Crippen molar-refractivity contribution in [2.45, 2.75) is 70.0 Å². The zero-order valence-electron chi connectivity index (χ0n) is 21.5. The number of hydrogen-bond donors (Lipinski definition) is 3. The van der Waals surface area contributed by atoms with Gasteiger partial charge >= 0.3 is 6.09 Å². The summed E-state index contributed by atoms with van der Waals surface area (Å²) in [6.07, 6.45) is 0.574. The van der Waals surface area contributed by atoms with E-state index in [9.17, 15) is 18.0 Å². The Morgan fingerprint density at radius 2 is 1.72 bits per heavy atom. The van der Waals surface area contributed by atoms with Crippen LogP contribution < -0.4 is 20.3 Å². The van der Waals surface area contributed by atoms with Gasteiger partial charge in [-0.1, -0.05) is 25.1 Å². The molecule has 0 radical (unpaired) electrons. The number of amides is 2. The molecule has 3 rings (SSSR count). The van der Waals surface area contributed by atoms with E-state index in [1.807, 2.05) is 43.0 Å². The van der Waals surface area contributed by atoms with Gasteiger partial charge in [-0.2, -0.15) is 0 Å². The van der Waals surface area contributed by atoms with Gasteiger partial charge in [-0.15, -0.1) is 0 Å². The third-order valence-electron chi connectivity index (χ3n) is 5.75. The van der Waals surface area contributed by atoms with Crippen LogP contribution in [0.15, 0.2) is 53.4 Å². The molecule has 10 heteroatoms. The molecule has 1 aliphatic rings. The maximum atomic E-state index is 12.6. The molecular formula is C26H36N4O5S. The molecule has 0 spiro atoms. The van der Waals surface area contributed by atoms with Crippen molar-refractivity contribution < 1.29 is 22.7 Å². The van der Waals surface area contributed by atoms with E-state index < -0.39 is 21.7 Å². The van der Waals surface area contributed by atoms with Crippen LogP contribution in [0, 0.1) is 0 Å². The lowest BCUT2D eigenvalue weighted by atomic mass is 9.91. The van der Waals surface area contributed by atoms with Gasteiger partial charge in [-0.05, 0) is 70.0 Å². The van der Waals surface area contributed by atoms with Crippen LogP contribution in [0.1, 0.15) is 59.1 Å². The summed E-state index contributed by atoms with van der Waals surface area (Å²) in [6, 6.07) is 14.4. The van der Waals surface area contributed by atoms with E-state index >= 15 is 0 Å². The van der Waals surface area contributed by atoms with Crippen LogP contribution in [0.2, 0.25) is 0 Å². The number of fused-ring (bicyclic) bond motifs is 1. The predicted octanol–water partition coefficient (Wildman–Crippen LogP) is 4.18. The van der Waals surface area contributed by atoms with Crippen LogP contribution in [0.3, 0.4) is 0 Å². The van der Waals surface area contributed by atoms with Crippen molar-refractivity contribution in [3.63, 3.8) is 0 Å². The smallest absolute Gasteiger partial charge is 0.407 e. The van der Waals surface area contributed by atoms with Gasteiger partial charge in [0.25, 0.3) is 0 Å². The average Bonchev–Trinajstić information content (AvgIpc) is 2.81. The van der Waals surface area contributed by atoms with E-state index in [-0.39, 0.29) is 36.0 Å². The summed E-state index contributed by atoms with van der Waals surface area (Å²) < 4.78 is 32.9. The third-order valence-corrected chi connectivity index (χ3v) is 7.23. The molecule has 0 bridgehead atoms. The summed E-state index contributed by atoms with van der Waals surface area (Å²) in [7, 11) is -3.73. The Morgan fingerprint density at radius 3 is 2.36 bits per heavy atom. The molecule has 0 fully saturated rings. The van der Waals surface area contributed by atoms with E-state index in [1.165, 1.54) is 12.1 Å². The molecule has 2 atom stereocenters. The fraction of sp³-hybridized carbons (Fsp3) is 0.462. The van der Waals surface area contributed by atoms with Crippen LogP contribution in [-0.4, -0.2) is 45.2 Å². The van der Waals surface area contributed by atoms with Gasteiger partial charge in [0.05, 0.1) is 10.9 Å². The molecule has 196 valence electrons. The summed E-state index contributed by atoms with van der Waals surface area (Å²) in [5.74, 6) is 0.0942. The number of sulfonamides is 1. The van der Waals surface area contributed by atoms with Crippen molar-refractivity contribution in [1.82, 2.24) is 10.0 Å². The van der Waals surface area contributed by atoms with Gasteiger partial charge in [0.2, 0.25) is 15.9 Å². The summed E-state index contributed by atoms with van der Waals surface area (Å²) >= 11 is 0. The van der Waals surface area contributed by atoms with Gasteiger partial charge in [0.15, 0.2) is 0 Å². The molecule has 36 heavy (non-hydrogen) atoms. The third kappa shape index (κ3) is 6.98. The zero-order chi connectivity index (χ0) is 26.5. The minimum Gasteiger partial charge on any atom is -0.444 e. The number of alkyl carbamates (subject to hydrolysis) is 1. The maximum Gasteiger partial charge on any atom is 0.407 e. The highest BCUT2D eigenvalue weighted by Crippen LogP contribution is 2.39. The molecule has 3 N–H and O–H groups in total. The normalized spacial score (nSPS) is 17.8. The Morgan fingerprint density at radius 1 is 1.06 bits per heavy atom. The highest BCUT2D eigenvalue weighted by molar-refractivity contribution is 7.89. The van der Waals surface area contributed by atoms with Crippen LogP contribution >= 0.6 is 0 Å². The van der Waals surface area contributed by atoms with E-state index in [4.69, 9.17) is 4.74 Å². The summed E-state index contributed by atoms with van der Waals surface area (Å²) in [5.41, 5.74) is 2.10. The standard InChI is InChI=1S/C26H36N4O5S/c1-6-24(31)30-18(2)17-22(21-9-7-8-10-23(21)30)29-19-11-13-20(14-12-19)36(33,34)28-16-15-27-25(32)35-26(3,4)5/h7-14,18,22,28-29H,6,15-17H2,1-5H3,(H,27,32)/t18-,22+/m0/s1. The molecule has 1 aliphatic heterocycles. The fourth-order valence-electron chi connectivity index (χ4n) is 4.18. The number of rotatable bonds is 8. The average molecular weight is 517 g/mol. The predicted molar refractivity (Wildman–Crippen MR) is 141 cm³/mol. The number of para-hydroxylation sites is 1. The Hall–Kier alpha value is -3.11. The zero-order valence-corrected chi connectivity index (χ0v) is 22.3. The van der Waals surface area contributed by atoms with Crippen LogP contribution in [-0.2, 0) is 19.6 Å². The first-order chi connectivity index (χ1) is 16.9. The van der Waals surface area contributed by atoms with Gasteiger partial charge in [-0.3, -0.25) is 4.79 Å². The first-order valence-corrected chi connectivity index (χ1v) is 13.6. The lowest BCUT2D eigenvalue weighted by Gasteiger charge is -2.40. The highest BCUT2D eigenvalue weighted by atomic mass is 32.2. The molecule has 0 saturated carbocycles. The Labute approximate surface area is 213 Å². The van der Waals surface area contributed by atoms with Crippen LogP contribution in [0.25, 0.3) is 0 Å². The quantitative estimate of drug-likeness (QED) is 0.453. The summed E-state index contributed by atoms with van der Waals surface area (Å²) in [4.78, 5) is 26.2. The van der Waals surface area contributed by atoms with E-state index in [2.05, 4.69) is 15.4 Å². The molecule has 0 aliphatic carbocycles. The van der Waals surface area contributed by atoms with E-state index in [1.54, 1.807) is 32.9 Å². The van der Waals surface area contributed by atoms with Gasteiger partial charge in [0, 0.05) is 36.9 Å². The van der Waals surface area contributed by atoms with Crippen molar-refractivity contribution >= 4 is 33.4 Å². The Balaban J connectivity index is 1.62. The first kappa shape index (κ1) is 27.5. The number of carbonyl (C=O) groups excluding carboxylic acids is 2. The molecule has 1 heterocycles. The number of anilines is 2. The minimum atomic E-state index is -3.73. The number of nitrogens with zero attached hydrogens (tertiary/aromatic N) is 1. The number of benzene rings is 2. The van der Waals surface area contributed by atoms with Crippen LogP contribution in [0.4, 0.5) is 16.2 Å². The molecule has 9 nitrogen and oxygen atoms in total. The molecule has 0 unspecified atom stereocenters. The summed E-state index contributed by atoms with van der Waals surface area (Å²) in [5, 5.41) is 6.01.